The monoisotopic (exact) mass is 193 g/mol. The summed E-state index contributed by atoms with van der Waals surface area (Å²) in [5, 5.41) is 14.1. The third-order valence-electron chi connectivity index (χ3n) is 2.33. The fourth-order valence-corrected chi connectivity index (χ4v) is 1.47. The van der Waals surface area contributed by atoms with Gasteiger partial charge in [0.15, 0.2) is 6.20 Å². The molecular formula is C9H11N3O2. The molecular weight excluding hydrogens is 182 g/mol. The summed E-state index contributed by atoms with van der Waals surface area (Å²) in [4.78, 5) is 12.9. The van der Waals surface area contributed by atoms with Gasteiger partial charge in [0.1, 0.15) is 5.69 Å². The van der Waals surface area contributed by atoms with Gasteiger partial charge in [0.25, 0.3) is 0 Å². The number of amides is 2. The first-order valence-corrected chi connectivity index (χ1v) is 4.41. The van der Waals surface area contributed by atoms with E-state index in [9.17, 15) is 10.0 Å². The highest BCUT2D eigenvalue weighted by Crippen LogP contribution is 2.15. The van der Waals surface area contributed by atoms with Crippen molar-refractivity contribution >= 4 is 11.7 Å². The Labute approximate surface area is 81.5 Å². The van der Waals surface area contributed by atoms with Crippen LogP contribution in [0, 0.1) is 5.21 Å². The largest absolute Gasteiger partial charge is 0.618 e. The maximum atomic E-state index is 11.4. The summed E-state index contributed by atoms with van der Waals surface area (Å²) in [7, 11) is 1.70. The molecule has 14 heavy (non-hydrogen) atoms. The fraction of sp³-hybridized carbons (Fsp3) is 0.333. The van der Waals surface area contributed by atoms with E-state index in [-0.39, 0.29) is 6.03 Å². The number of carbonyl (C=O) groups excluding carboxylic acids is 1. The number of rotatable bonds is 0. The van der Waals surface area contributed by atoms with Gasteiger partial charge in [0.2, 0.25) is 5.69 Å². The first kappa shape index (κ1) is 8.80. The predicted octanol–water partition coefficient (Wildman–Crippen LogP) is 0.340. The molecule has 2 amide bonds. The van der Waals surface area contributed by atoms with Gasteiger partial charge in [0, 0.05) is 19.7 Å². The van der Waals surface area contributed by atoms with Crippen molar-refractivity contribution in [2.75, 3.05) is 18.9 Å². The Kier molecular flexibility index (Phi) is 1.99. The summed E-state index contributed by atoms with van der Waals surface area (Å²) in [6.07, 6.45) is 2.02. The Morgan fingerprint density at radius 2 is 2.43 bits per heavy atom. The zero-order valence-electron chi connectivity index (χ0n) is 7.86. The second-order valence-corrected chi connectivity index (χ2v) is 3.30. The van der Waals surface area contributed by atoms with Crippen molar-refractivity contribution in [2.24, 2.45) is 0 Å². The third kappa shape index (κ3) is 1.37. The van der Waals surface area contributed by atoms with Gasteiger partial charge in [-0.3, -0.25) is 0 Å². The second kappa shape index (κ2) is 3.17. The molecule has 0 aliphatic carbocycles. The van der Waals surface area contributed by atoms with Gasteiger partial charge in [-0.05, 0) is 6.07 Å². The van der Waals surface area contributed by atoms with Gasteiger partial charge < -0.3 is 15.4 Å². The summed E-state index contributed by atoms with van der Waals surface area (Å²) < 4.78 is 0.800. The van der Waals surface area contributed by atoms with Crippen molar-refractivity contribution < 1.29 is 9.52 Å². The average molecular weight is 193 g/mol. The molecule has 0 saturated carbocycles. The van der Waals surface area contributed by atoms with Gasteiger partial charge in [-0.15, -0.1) is 0 Å². The van der Waals surface area contributed by atoms with Gasteiger partial charge in [-0.1, -0.05) is 0 Å². The van der Waals surface area contributed by atoms with Crippen molar-refractivity contribution in [3.8, 4) is 0 Å². The number of carbonyl (C=O) groups is 1. The van der Waals surface area contributed by atoms with E-state index < -0.39 is 0 Å². The van der Waals surface area contributed by atoms with Gasteiger partial charge >= 0.3 is 6.03 Å². The van der Waals surface area contributed by atoms with E-state index >= 15 is 0 Å². The molecule has 74 valence electrons. The van der Waals surface area contributed by atoms with Gasteiger partial charge in [0.05, 0.1) is 6.42 Å². The first-order valence-electron chi connectivity index (χ1n) is 4.41. The molecule has 0 atom stereocenters. The van der Waals surface area contributed by atoms with E-state index in [2.05, 4.69) is 5.32 Å². The minimum Gasteiger partial charge on any atom is -0.618 e. The molecule has 2 rings (SSSR count). The Balaban J connectivity index is 2.42. The van der Waals surface area contributed by atoms with E-state index in [4.69, 9.17) is 0 Å². The normalized spacial score (nSPS) is 15.8. The number of anilines is 1. The summed E-state index contributed by atoms with van der Waals surface area (Å²) in [5.74, 6) is 0. The predicted molar refractivity (Wildman–Crippen MR) is 50.8 cm³/mol. The molecule has 1 aromatic rings. The number of aromatic nitrogens is 1. The number of fused-ring (bicyclic) bond motifs is 1. The Morgan fingerprint density at radius 1 is 1.64 bits per heavy atom. The minimum atomic E-state index is -0.171. The Bertz CT molecular complexity index is 378. The highest BCUT2D eigenvalue weighted by molar-refractivity contribution is 5.90. The lowest BCUT2D eigenvalue weighted by molar-refractivity contribution is -0.613. The van der Waals surface area contributed by atoms with Crippen molar-refractivity contribution in [2.45, 2.75) is 6.42 Å². The van der Waals surface area contributed by atoms with Crippen LogP contribution in [-0.2, 0) is 6.42 Å². The van der Waals surface area contributed by atoms with Gasteiger partial charge in [-0.2, -0.15) is 4.73 Å². The summed E-state index contributed by atoms with van der Waals surface area (Å²) in [6.45, 7) is 0.561. The number of hydrogen-bond donors (Lipinski definition) is 1. The highest BCUT2D eigenvalue weighted by Gasteiger charge is 2.21. The zero-order valence-corrected chi connectivity index (χ0v) is 7.86. The molecule has 0 unspecified atom stereocenters. The summed E-state index contributed by atoms with van der Waals surface area (Å²) in [6, 6.07) is 3.19. The molecule has 0 fully saturated rings. The number of hydrogen-bond acceptors (Lipinski definition) is 2. The molecule has 1 aromatic heterocycles. The number of pyridine rings is 1. The number of nitrogens with zero attached hydrogens (tertiary/aromatic N) is 2. The molecule has 5 nitrogen and oxygen atoms in total. The van der Waals surface area contributed by atoms with Crippen LogP contribution in [0.25, 0.3) is 0 Å². The molecule has 0 bridgehead atoms. The quantitative estimate of drug-likeness (QED) is 0.477. The number of nitrogens with one attached hydrogen (secondary N) is 1. The molecule has 0 aromatic carbocycles. The highest BCUT2D eigenvalue weighted by atomic mass is 16.5. The van der Waals surface area contributed by atoms with Crippen molar-refractivity contribution in [1.29, 1.82) is 0 Å². The van der Waals surface area contributed by atoms with E-state index in [0.717, 1.165) is 4.73 Å². The van der Waals surface area contributed by atoms with E-state index in [1.807, 2.05) is 0 Å². The minimum absolute atomic E-state index is 0.171. The smallest absolute Gasteiger partial charge is 0.321 e. The Morgan fingerprint density at radius 3 is 3.21 bits per heavy atom. The van der Waals surface area contributed by atoms with Crippen molar-refractivity contribution in [3.63, 3.8) is 0 Å². The molecule has 0 radical (unpaired) electrons. The number of likely N-dealkylation sites (N-methyl/N-ethyl adjacent to an activating group) is 1. The average Bonchev–Trinajstić information content (AvgIpc) is 2.29. The van der Waals surface area contributed by atoms with Crippen LogP contribution in [-0.4, -0.2) is 24.5 Å². The SMILES string of the molecule is CN1CCc2c(ccc[n+]2[O-])NC1=O. The van der Waals surface area contributed by atoms with Crippen LogP contribution in [0.1, 0.15) is 5.69 Å². The van der Waals surface area contributed by atoms with Crippen LogP contribution in [0.5, 0.6) is 0 Å². The van der Waals surface area contributed by atoms with Crippen LogP contribution in [0.3, 0.4) is 0 Å². The zero-order chi connectivity index (χ0) is 10.1. The van der Waals surface area contributed by atoms with E-state index in [1.54, 1.807) is 24.1 Å². The fourth-order valence-electron chi connectivity index (χ4n) is 1.47. The lowest BCUT2D eigenvalue weighted by atomic mass is 10.2. The van der Waals surface area contributed by atoms with Crippen LogP contribution in [0.4, 0.5) is 10.5 Å². The van der Waals surface area contributed by atoms with Crippen LogP contribution < -0.4 is 10.0 Å². The topological polar surface area (TPSA) is 59.3 Å². The molecule has 1 N–H and O–H groups in total. The summed E-state index contributed by atoms with van der Waals surface area (Å²) in [5.41, 5.74) is 1.22. The third-order valence-corrected chi connectivity index (χ3v) is 2.33. The van der Waals surface area contributed by atoms with Crippen LogP contribution in [0.15, 0.2) is 18.3 Å². The first-order chi connectivity index (χ1) is 6.68. The number of urea groups is 1. The van der Waals surface area contributed by atoms with Crippen LogP contribution >= 0.6 is 0 Å². The lowest BCUT2D eigenvalue weighted by Gasteiger charge is -2.11. The maximum absolute atomic E-state index is 11.4. The van der Waals surface area contributed by atoms with Crippen molar-refractivity contribution in [3.05, 3.63) is 29.2 Å². The van der Waals surface area contributed by atoms with E-state index in [0.29, 0.717) is 24.3 Å². The molecule has 0 spiro atoms. The maximum Gasteiger partial charge on any atom is 0.321 e. The lowest BCUT2D eigenvalue weighted by Crippen LogP contribution is -2.32. The molecule has 2 heterocycles. The molecule has 0 saturated heterocycles. The molecule has 1 aliphatic heterocycles. The van der Waals surface area contributed by atoms with Crippen LogP contribution in [0.2, 0.25) is 0 Å². The standard InChI is InChI=1S/C9H11N3O2/c1-11-6-4-8-7(10-9(11)13)3-2-5-12(8)14/h2-3,5H,4,6H2,1H3,(H,10,13). The molecule has 1 aliphatic rings. The second-order valence-electron chi connectivity index (χ2n) is 3.30. The van der Waals surface area contributed by atoms with E-state index in [1.165, 1.54) is 6.20 Å². The Hall–Kier alpha value is -1.78. The van der Waals surface area contributed by atoms with Crippen molar-refractivity contribution in [1.82, 2.24) is 4.90 Å². The molecule has 5 heteroatoms. The summed E-state index contributed by atoms with van der Waals surface area (Å²) >= 11 is 0. The van der Waals surface area contributed by atoms with Gasteiger partial charge in [-0.25, -0.2) is 4.79 Å².